The van der Waals surface area contributed by atoms with E-state index in [1.54, 1.807) is 6.07 Å². The number of aromatic nitrogens is 2. The Morgan fingerprint density at radius 2 is 1.58 bits per heavy atom. The van der Waals surface area contributed by atoms with Crippen LogP contribution in [0.15, 0.2) is 6.07 Å². The molecule has 0 saturated carbocycles. The SMILES string of the molecule is CN(C)CC1CCN(c2cc(N3CCC3)nc(C(F)(F)F)n2)CC1. The van der Waals surface area contributed by atoms with Gasteiger partial charge in [0, 0.05) is 38.8 Å². The number of rotatable bonds is 4. The standard InChI is InChI=1S/C16H24F3N5/c1-22(2)11-12-4-8-24(9-5-12)14-10-13(23-6-3-7-23)20-15(21-14)16(17,18)19/h10,12H,3-9,11H2,1-2H3. The Bertz CT molecular complexity index is 563. The fraction of sp³-hybridized carbons (Fsp3) is 0.750. The lowest BCUT2D eigenvalue weighted by atomic mass is 9.96. The number of piperidine rings is 1. The van der Waals surface area contributed by atoms with Gasteiger partial charge >= 0.3 is 6.18 Å². The van der Waals surface area contributed by atoms with E-state index in [4.69, 9.17) is 0 Å². The van der Waals surface area contributed by atoms with E-state index in [-0.39, 0.29) is 0 Å². The molecule has 5 nitrogen and oxygen atoms in total. The lowest BCUT2D eigenvalue weighted by Crippen LogP contribution is -2.40. The Morgan fingerprint density at radius 1 is 1.04 bits per heavy atom. The summed E-state index contributed by atoms with van der Waals surface area (Å²) in [5.41, 5.74) is 0. The summed E-state index contributed by atoms with van der Waals surface area (Å²) in [4.78, 5) is 13.5. The number of nitrogens with zero attached hydrogens (tertiary/aromatic N) is 5. The van der Waals surface area contributed by atoms with Gasteiger partial charge in [0.1, 0.15) is 11.6 Å². The molecule has 0 atom stereocenters. The molecule has 0 unspecified atom stereocenters. The number of halogens is 3. The maximum atomic E-state index is 13.1. The smallest absolute Gasteiger partial charge is 0.356 e. The molecule has 1 aromatic rings. The Labute approximate surface area is 140 Å². The first kappa shape index (κ1) is 17.3. The molecule has 1 aromatic heterocycles. The van der Waals surface area contributed by atoms with Crippen molar-refractivity contribution in [2.45, 2.75) is 25.4 Å². The highest BCUT2D eigenvalue weighted by Crippen LogP contribution is 2.32. The minimum Gasteiger partial charge on any atom is -0.356 e. The summed E-state index contributed by atoms with van der Waals surface area (Å²) in [5, 5.41) is 0. The molecule has 3 heterocycles. The Hall–Kier alpha value is -1.57. The molecule has 24 heavy (non-hydrogen) atoms. The van der Waals surface area contributed by atoms with Crippen LogP contribution < -0.4 is 9.80 Å². The second-order valence-corrected chi connectivity index (χ2v) is 6.94. The van der Waals surface area contributed by atoms with Gasteiger partial charge in [-0.3, -0.25) is 0 Å². The zero-order chi connectivity index (χ0) is 17.3. The van der Waals surface area contributed by atoms with Crippen LogP contribution in [0.2, 0.25) is 0 Å². The summed E-state index contributed by atoms with van der Waals surface area (Å²) in [6, 6.07) is 1.71. The van der Waals surface area contributed by atoms with E-state index in [9.17, 15) is 13.2 Å². The molecule has 0 N–H and O–H groups in total. The maximum Gasteiger partial charge on any atom is 0.451 e. The fourth-order valence-corrected chi connectivity index (χ4v) is 3.28. The van der Waals surface area contributed by atoms with Crippen LogP contribution in [0.1, 0.15) is 25.1 Å². The molecular weight excluding hydrogens is 319 g/mol. The largest absolute Gasteiger partial charge is 0.451 e. The molecule has 2 aliphatic rings. The van der Waals surface area contributed by atoms with E-state index < -0.39 is 12.0 Å². The number of anilines is 2. The molecule has 8 heteroatoms. The van der Waals surface area contributed by atoms with Gasteiger partial charge in [0.2, 0.25) is 5.82 Å². The predicted molar refractivity (Wildman–Crippen MR) is 87.4 cm³/mol. The summed E-state index contributed by atoms with van der Waals surface area (Å²) in [6.07, 6.45) is -1.57. The third-order valence-corrected chi connectivity index (χ3v) is 4.69. The molecular formula is C16H24F3N5. The van der Waals surface area contributed by atoms with Crippen LogP contribution in [0.25, 0.3) is 0 Å². The molecule has 134 valence electrons. The molecule has 2 fully saturated rings. The summed E-state index contributed by atoms with van der Waals surface area (Å²) in [7, 11) is 4.09. The minimum atomic E-state index is -4.52. The van der Waals surface area contributed by atoms with Crippen LogP contribution in [0.3, 0.4) is 0 Å². The molecule has 2 aliphatic heterocycles. The van der Waals surface area contributed by atoms with Crippen molar-refractivity contribution in [3.8, 4) is 0 Å². The van der Waals surface area contributed by atoms with Crippen molar-refractivity contribution in [3.05, 3.63) is 11.9 Å². The van der Waals surface area contributed by atoms with Crippen LogP contribution in [-0.2, 0) is 6.18 Å². The van der Waals surface area contributed by atoms with Crippen molar-refractivity contribution in [1.82, 2.24) is 14.9 Å². The summed E-state index contributed by atoms with van der Waals surface area (Å²) < 4.78 is 39.4. The molecule has 0 amide bonds. The molecule has 0 spiro atoms. The third-order valence-electron chi connectivity index (χ3n) is 4.69. The van der Waals surface area contributed by atoms with Crippen molar-refractivity contribution in [3.63, 3.8) is 0 Å². The Morgan fingerprint density at radius 3 is 2.00 bits per heavy atom. The van der Waals surface area contributed by atoms with Crippen LogP contribution in [0.4, 0.5) is 24.8 Å². The molecule has 0 aliphatic carbocycles. The van der Waals surface area contributed by atoms with Crippen molar-refractivity contribution < 1.29 is 13.2 Å². The predicted octanol–water partition coefficient (Wildman–Crippen LogP) is 2.48. The van der Waals surface area contributed by atoms with Crippen LogP contribution in [-0.4, -0.2) is 61.7 Å². The highest BCUT2D eigenvalue weighted by molar-refractivity contribution is 5.52. The first-order valence-electron chi connectivity index (χ1n) is 8.44. The van der Waals surface area contributed by atoms with Gasteiger partial charge in [0.25, 0.3) is 0 Å². The second-order valence-electron chi connectivity index (χ2n) is 6.94. The van der Waals surface area contributed by atoms with E-state index >= 15 is 0 Å². The summed E-state index contributed by atoms with van der Waals surface area (Å²) >= 11 is 0. The number of hydrogen-bond donors (Lipinski definition) is 0. The average molecular weight is 343 g/mol. The molecule has 3 rings (SSSR count). The normalized spacial score (nSPS) is 19.8. The summed E-state index contributed by atoms with van der Waals surface area (Å²) in [5.74, 6) is 0.365. The van der Waals surface area contributed by atoms with E-state index in [2.05, 4.69) is 14.9 Å². The third kappa shape index (κ3) is 3.91. The minimum absolute atomic E-state index is 0.397. The quantitative estimate of drug-likeness (QED) is 0.839. The van der Waals surface area contributed by atoms with Gasteiger partial charge in [-0.05, 0) is 39.3 Å². The first-order chi connectivity index (χ1) is 11.3. The highest BCUT2D eigenvalue weighted by atomic mass is 19.4. The Kier molecular flexibility index (Phi) is 4.85. The van der Waals surface area contributed by atoms with Gasteiger partial charge in [-0.1, -0.05) is 0 Å². The summed E-state index contributed by atoms with van der Waals surface area (Å²) in [6.45, 7) is 4.03. The molecule has 2 saturated heterocycles. The van der Waals surface area contributed by atoms with Crippen molar-refractivity contribution >= 4 is 11.6 Å². The van der Waals surface area contributed by atoms with Crippen LogP contribution in [0, 0.1) is 5.92 Å². The lowest BCUT2D eigenvalue weighted by Gasteiger charge is -2.36. The van der Waals surface area contributed by atoms with Gasteiger partial charge < -0.3 is 14.7 Å². The lowest BCUT2D eigenvalue weighted by molar-refractivity contribution is -0.144. The van der Waals surface area contributed by atoms with Gasteiger partial charge in [-0.2, -0.15) is 13.2 Å². The van der Waals surface area contributed by atoms with Gasteiger partial charge in [-0.15, -0.1) is 0 Å². The number of alkyl halides is 3. The van der Waals surface area contributed by atoms with Gasteiger partial charge in [-0.25, -0.2) is 9.97 Å². The first-order valence-corrected chi connectivity index (χ1v) is 8.44. The maximum absolute atomic E-state index is 13.1. The Balaban J connectivity index is 1.77. The van der Waals surface area contributed by atoms with Crippen molar-refractivity contribution in [1.29, 1.82) is 0 Å². The molecule has 0 aromatic carbocycles. The zero-order valence-corrected chi connectivity index (χ0v) is 14.2. The number of hydrogen-bond acceptors (Lipinski definition) is 5. The van der Waals surface area contributed by atoms with Crippen LogP contribution >= 0.6 is 0 Å². The van der Waals surface area contributed by atoms with Gasteiger partial charge in [0.15, 0.2) is 0 Å². The molecule has 0 bridgehead atoms. The zero-order valence-electron chi connectivity index (χ0n) is 14.2. The van der Waals surface area contributed by atoms with Gasteiger partial charge in [0.05, 0.1) is 0 Å². The van der Waals surface area contributed by atoms with E-state index in [0.717, 1.165) is 52.0 Å². The highest BCUT2D eigenvalue weighted by Gasteiger charge is 2.37. The molecule has 0 radical (unpaired) electrons. The average Bonchev–Trinajstić information content (AvgIpc) is 2.44. The fourth-order valence-electron chi connectivity index (χ4n) is 3.28. The van der Waals surface area contributed by atoms with E-state index in [1.807, 2.05) is 23.9 Å². The van der Waals surface area contributed by atoms with Crippen LogP contribution in [0.5, 0.6) is 0 Å². The monoisotopic (exact) mass is 343 g/mol. The topological polar surface area (TPSA) is 35.5 Å². The van der Waals surface area contributed by atoms with E-state index in [0.29, 0.717) is 17.6 Å². The van der Waals surface area contributed by atoms with Crippen molar-refractivity contribution in [2.24, 2.45) is 5.92 Å². The second kappa shape index (κ2) is 6.74. The van der Waals surface area contributed by atoms with Crippen molar-refractivity contribution in [2.75, 3.05) is 56.6 Å². The van der Waals surface area contributed by atoms with E-state index in [1.165, 1.54) is 0 Å².